The summed E-state index contributed by atoms with van der Waals surface area (Å²) < 4.78 is 44.6. The molecule has 1 fully saturated rings. The third-order valence-electron chi connectivity index (χ3n) is 7.28. The zero-order chi connectivity index (χ0) is 27.1. The van der Waals surface area contributed by atoms with Crippen molar-refractivity contribution >= 4 is 5.97 Å². The van der Waals surface area contributed by atoms with E-state index in [0.717, 1.165) is 28.8 Å². The number of hydrogen-bond acceptors (Lipinski definition) is 4. The minimum absolute atomic E-state index is 0.207. The molecule has 0 radical (unpaired) electrons. The zero-order valence-corrected chi connectivity index (χ0v) is 20.6. The van der Waals surface area contributed by atoms with Crippen molar-refractivity contribution in [2.24, 2.45) is 0 Å². The molecule has 1 aliphatic carbocycles. The fourth-order valence-electron chi connectivity index (χ4n) is 4.88. The summed E-state index contributed by atoms with van der Waals surface area (Å²) in [5.74, 6) is -0.372. The monoisotopic (exact) mass is 521 g/mol. The zero-order valence-electron chi connectivity index (χ0n) is 20.6. The van der Waals surface area contributed by atoms with Crippen LogP contribution in [0.1, 0.15) is 53.3 Å². The summed E-state index contributed by atoms with van der Waals surface area (Å²) in [6.45, 7) is 1.72. The minimum atomic E-state index is -4.42. The topological polar surface area (TPSA) is 83.6 Å². The molecular weight excluding hydrogens is 495 g/mol. The van der Waals surface area contributed by atoms with Gasteiger partial charge in [-0.05, 0) is 60.9 Å². The fraction of sp³-hybridized carbons (Fsp3) is 0.267. The van der Waals surface area contributed by atoms with E-state index in [0.29, 0.717) is 41.0 Å². The Hall–Kier alpha value is -3.91. The Kier molecular flexibility index (Phi) is 6.61. The summed E-state index contributed by atoms with van der Waals surface area (Å²) >= 11 is 0. The lowest BCUT2D eigenvalue weighted by atomic mass is 9.93. The molecule has 1 aromatic heterocycles. The number of benzene rings is 3. The molecular formula is C30H26F3NO4. The van der Waals surface area contributed by atoms with Crippen LogP contribution in [-0.4, -0.2) is 21.3 Å². The predicted octanol–water partition coefficient (Wildman–Crippen LogP) is 7.12. The van der Waals surface area contributed by atoms with Gasteiger partial charge < -0.3 is 14.7 Å². The maximum absolute atomic E-state index is 13.0. The number of nitrogens with zero attached hydrogens (tertiary/aromatic N) is 1. The van der Waals surface area contributed by atoms with Crippen molar-refractivity contribution in [2.45, 2.75) is 50.3 Å². The average molecular weight is 522 g/mol. The summed E-state index contributed by atoms with van der Waals surface area (Å²) in [6, 6.07) is 20.2. The quantitative estimate of drug-likeness (QED) is 0.258. The van der Waals surface area contributed by atoms with Crippen molar-refractivity contribution in [3.8, 4) is 22.5 Å². The molecule has 5 rings (SSSR count). The third kappa shape index (κ3) is 4.96. The average Bonchev–Trinajstić information content (AvgIpc) is 3.64. The first-order chi connectivity index (χ1) is 18.1. The standard InChI is InChI=1S/C30H26F3NO4/c1-18-26(25(35)14-5-19-3-2-4-24(17-19)30(31,32)33)27(38-34-18)22-8-6-20(7-9-22)21-10-12-23(13-11-21)29(15-16-29)28(36)37/h2-4,6-13,17,25,35H,5,14-16H2,1H3,(H,36,37). The van der Waals surface area contributed by atoms with E-state index < -0.39 is 29.2 Å². The molecule has 1 aliphatic rings. The van der Waals surface area contributed by atoms with Crippen molar-refractivity contribution in [1.29, 1.82) is 0 Å². The van der Waals surface area contributed by atoms with Crippen LogP contribution in [0.2, 0.25) is 0 Å². The molecule has 1 saturated carbocycles. The molecule has 0 amide bonds. The van der Waals surface area contributed by atoms with Gasteiger partial charge in [-0.1, -0.05) is 71.9 Å². The lowest BCUT2D eigenvalue weighted by Crippen LogP contribution is -2.19. The third-order valence-corrected chi connectivity index (χ3v) is 7.28. The van der Waals surface area contributed by atoms with Gasteiger partial charge in [-0.2, -0.15) is 13.2 Å². The van der Waals surface area contributed by atoms with Crippen LogP contribution < -0.4 is 0 Å². The van der Waals surface area contributed by atoms with E-state index in [2.05, 4.69) is 5.16 Å². The summed E-state index contributed by atoms with van der Waals surface area (Å²) in [4.78, 5) is 11.6. The van der Waals surface area contributed by atoms with Gasteiger partial charge in [-0.3, -0.25) is 4.79 Å². The van der Waals surface area contributed by atoms with Crippen molar-refractivity contribution < 1.29 is 32.7 Å². The van der Waals surface area contributed by atoms with E-state index in [-0.39, 0.29) is 12.8 Å². The first-order valence-electron chi connectivity index (χ1n) is 12.3. The van der Waals surface area contributed by atoms with Gasteiger partial charge in [0, 0.05) is 5.56 Å². The smallest absolute Gasteiger partial charge is 0.416 e. The number of aryl methyl sites for hydroxylation is 2. The van der Waals surface area contributed by atoms with Crippen LogP contribution in [0.3, 0.4) is 0 Å². The highest BCUT2D eigenvalue weighted by atomic mass is 19.4. The van der Waals surface area contributed by atoms with Gasteiger partial charge in [0.2, 0.25) is 0 Å². The maximum atomic E-state index is 13.0. The van der Waals surface area contributed by atoms with E-state index in [4.69, 9.17) is 4.52 Å². The lowest BCUT2D eigenvalue weighted by Gasteiger charge is -2.13. The Morgan fingerprint density at radius 1 is 1.00 bits per heavy atom. The molecule has 0 aliphatic heterocycles. The van der Waals surface area contributed by atoms with Crippen LogP contribution in [0, 0.1) is 6.92 Å². The van der Waals surface area contributed by atoms with Crippen molar-refractivity contribution in [3.63, 3.8) is 0 Å². The van der Waals surface area contributed by atoms with Crippen molar-refractivity contribution in [3.05, 3.63) is 101 Å². The number of aromatic nitrogens is 1. The van der Waals surface area contributed by atoms with Crippen LogP contribution in [-0.2, 0) is 22.8 Å². The number of aliphatic hydroxyl groups excluding tert-OH is 1. The predicted molar refractivity (Wildman–Crippen MR) is 135 cm³/mol. The Morgan fingerprint density at radius 2 is 1.61 bits per heavy atom. The number of carboxylic acids is 1. The molecule has 1 atom stereocenters. The van der Waals surface area contributed by atoms with E-state index in [1.54, 1.807) is 13.0 Å². The molecule has 2 N–H and O–H groups in total. The summed E-state index contributed by atoms with van der Waals surface area (Å²) in [7, 11) is 0. The number of rotatable bonds is 8. The number of alkyl halides is 3. The second-order valence-electron chi connectivity index (χ2n) is 9.81. The van der Waals surface area contributed by atoms with Gasteiger partial charge in [0.05, 0.1) is 28.3 Å². The Bertz CT molecular complexity index is 1450. The fourth-order valence-corrected chi connectivity index (χ4v) is 4.88. The van der Waals surface area contributed by atoms with Gasteiger partial charge in [-0.25, -0.2) is 0 Å². The summed E-state index contributed by atoms with van der Waals surface area (Å²) in [5.41, 5.74) is 3.45. The maximum Gasteiger partial charge on any atom is 0.416 e. The largest absolute Gasteiger partial charge is 0.481 e. The lowest BCUT2D eigenvalue weighted by molar-refractivity contribution is -0.140. The van der Waals surface area contributed by atoms with Crippen LogP contribution in [0.25, 0.3) is 22.5 Å². The van der Waals surface area contributed by atoms with E-state index in [1.165, 1.54) is 6.07 Å². The SMILES string of the molecule is Cc1noc(-c2ccc(-c3ccc(C4(C(=O)O)CC4)cc3)cc2)c1C(O)CCc1cccc(C(F)(F)F)c1. The van der Waals surface area contributed by atoms with E-state index in [9.17, 15) is 28.2 Å². The molecule has 8 heteroatoms. The van der Waals surface area contributed by atoms with Crippen LogP contribution in [0.5, 0.6) is 0 Å². The first-order valence-corrected chi connectivity index (χ1v) is 12.3. The Morgan fingerprint density at radius 3 is 2.18 bits per heavy atom. The summed E-state index contributed by atoms with van der Waals surface area (Å²) in [5, 5.41) is 24.4. The highest BCUT2D eigenvalue weighted by Gasteiger charge is 2.51. The molecule has 196 valence electrons. The molecule has 0 spiro atoms. The molecule has 3 aromatic carbocycles. The van der Waals surface area contributed by atoms with Gasteiger partial charge in [0.15, 0.2) is 5.76 Å². The number of carbonyl (C=O) groups is 1. The van der Waals surface area contributed by atoms with E-state index >= 15 is 0 Å². The van der Waals surface area contributed by atoms with Gasteiger partial charge in [0.25, 0.3) is 0 Å². The first kappa shape index (κ1) is 25.7. The molecule has 4 aromatic rings. The molecule has 1 heterocycles. The van der Waals surface area contributed by atoms with E-state index in [1.807, 2.05) is 48.5 Å². The number of carboxylic acid groups (broad SMARTS) is 1. The highest BCUT2D eigenvalue weighted by molar-refractivity contribution is 5.85. The molecule has 1 unspecified atom stereocenters. The Labute approximate surface area is 217 Å². The number of aliphatic carboxylic acids is 1. The normalized spacial score (nSPS) is 15.3. The van der Waals surface area contributed by atoms with Gasteiger partial charge >= 0.3 is 12.1 Å². The molecule has 0 saturated heterocycles. The molecule has 0 bridgehead atoms. The number of hydrogen-bond donors (Lipinski definition) is 2. The van der Waals surface area contributed by atoms with Gasteiger partial charge in [0.1, 0.15) is 0 Å². The second kappa shape index (κ2) is 9.76. The number of halogens is 3. The van der Waals surface area contributed by atoms with Crippen LogP contribution in [0.4, 0.5) is 13.2 Å². The van der Waals surface area contributed by atoms with Crippen molar-refractivity contribution in [1.82, 2.24) is 5.16 Å². The van der Waals surface area contributed by atoms with Crippen molar-refractivity contribution in [2.75, 3.05) is 0 Å². The summed E-state index contributed by atoms with van der Waals surface area (Å²) in [6.07, 6.45) is -3.62. The Balaban J connectivity index is 1.31. The second-order valence-corrected chi connectivity index (χ2v) is 9.81. The molecule has 38 heavy (non-hydrogen) atoms. The minimum Gasteiger partial charge on any atom is -0.481 e. The number of aliphatic hydroxyl groups is 1. The molecule has 5 nitrogen and oxygen atoms in total. The van der Waals surface area contributed by atoms with Crippen LogP contribution >= 0.6 is 0 Å². The van der Waals surface area contributed by atoms with Gasteiger partial charge in [-0.15, -0.1) is 0 Å². The highest BCUT2D eigenvalue weighted by Crippen LogP contribution is 2.48. The van der Waals surface area contributed by atoms with Crippen LogP contribution in [0.15, 0.2) is 77.3 Å².